The molecule has 0 saturated carbocycles. The lowest BCUT2D eigenvalue weighted by molar-refractivity contribution is 0.0699. The minimum Gasteiger partial charge on any atom is -0.478 e. The van der Waals surface area contributed by atoms with Gasteiger partial charge in [-0.25, -0.2) is 4.79 Å². The number of carboxylic acids is 1. The van der Waals surface area contributed by atoms with Gasteiger partial charge in [-0.1, -0.05) is 18.2 Å². The van der Waals surface area contributed by atoms with Crippen molar-refractivity contribution in [3.63, 3.8) is 0 Å². The topological polar surface area (TPSA) is 93.8 Å². The van der Waals surface area contributed by atoms with Crippen LogP contribution in [0.4, 0.5) is 0 Å². The van der Waals surface area contributed by atoms with Crippen molar-refractivity contribution in [2.45, 2.75) is 0 Å². The summed E-state index contributed by atoms with van der Waals surface area (Å²) in [7, 11) is -2.13. The van der Waals surface area contributed by atoms with E-state index >= 15 is 0 Å². The van der Waals surface area contributed by atoms with Crippen LogP contribution in [0.25, 0.3) is 22.3 Å². The number of aromatic carboxylic acids is 1. The van der Waals surface area contributed by atoms with Gasteiger partial charge in [0.1, 0.15) is 11.3 Å². The Bertz CT molecular complexity index is 1210. The Kier molecular flexibility index (Phi) is 4.18. The second-order valence-electron chi connectivity index (χ2n) is 5.78. The van der Waals surface area contributed by atoms with E-state index in [1.165, 1.54) is 36.4 Å². The Morgan fingerprint density at radius 2 is 1.78 bits per heavy atom. The second kappa shape index (κ2) is 6.67. The first-order valence-electron chi connectivity index (χ1n) is 7.97. The monoisotopic (exact) mass is 379 g/mol. The summed E-state index contributed by atoms with van der Waals surface area (Å²) in [6.07, 6.45) is 0. The van der Waals surface area contributed by atoms with Crippen molar-refractivity contribution in [2.75, 3.05) is 0 Å². The maximum Gasteiger partial charge on any atom is 0.597 e. The number of carbonyl (C=O) groups is 1. The number of benzene rings is 3. The standard InChI is InChI=1S/C20H11O6P/c21-12-6-8-15-17(10-12)25-18-11-13(7-9-16(18)19(15)20(22)23)26-27(24)14-4-2-1-3-5-14/h1-11H/p+1. The predicted molar refractivity (Wildman–Crippen MR) is 100 cm³/mol. The average Bonchev–Trinajstić information content (AvgIpc) is 2.66. The van der Waals surface area contributed by atoms with E-state index < -0.39 is 14.0 Å². The highest BCUT2D eigenvalue weighted by atomic mass is 31.1. The smallest absolute Gasteiger partial charge is 0.478 e. The summed E-state index contributed by atoms with van der Waals surface area (Å²) in [6, 6.07) is 17.2. The summed E-state index contributed by atoms with van der Waals surface area (Å²) in [5.41, 5.74) is 0.296. The van der Waals surface area contributed by atoms with E-state index in [4.69, 9.17) is 8.94 Å². The molecule has 0 radical (unpaired) electrons. The van der Waals surface area contributed by atoms with Crippen LogP contribution in [0.3, 0.4) is 0 Å². The van der Waals surface area contributed by atoms with Gasteiger partial charge in [0.2, 0.25) is 5.30 Å². The molecule has 1 aliphatic heterocycles. The van der Waals surface area contributed by atoms with E-state index in [0.29, 0.717) is 16.3 Å². The molecule has 2 aromatic carbocycles. The largest absolute Gasteiger partial charge is 0.597 e. The molecule has 0 aromatic heterocycles. The van der Waals surface area contributed by atoms with Gasteiger partial charge in [-0.2, -0.15) is 0 Å². The summed E-state index contributed by atoms with van der Waals surface area (Å²) in [4.78, 5) is 23.4. The lowest BCUT2D eigenvalue weighted by atomic mass is 10.00. The van der Waals surface area contributed by atoms with Gasteiger partial charge in [0, 0.05) is 23.1 Å². The van der Waals surface area contributed by atoms with Crippen LogP contribution in [0.1, 0.15) is 10.4 Å². The molecule has 0 saturated heterocycles. The van der Waals surface area contributed by atoms with Crippen molar-refractivity contribution in [1.82, 2.24) is 0 Å². The molecule has 0 spiro atoms. The average molecular weight is 379 g/mol. The number of rotatable bonds is 4. The van der Waals surface area contributed by atoms with Gasteiger partial charge in [-0.15, -0.1) is 0 Å². The zero-order valence-electron chi connectivity index (χ0n) is 13.8. The summed E-state index contributed by atoms with van der Waals surface area (Å²) >= 11 is 0. The molecule has 7 heteroatoms. The Morgan fingerprint density at radius 1 is 1.00 bits per heavy atom. The van der Waals surface area contributed by atoms with Gasteiger partial charge < -0.3 is 9.52 Å². The molecule has 0 fully saturated rings. The van der Waals surface area contributed by atoms with Gasteiger partial charge >= 0.3 is 14.0 Å². The molecule has 2 aromatic rings. The van der Waals surface area contributed by atoms with Crippen LogP contribution in [0.5, 0.6) is 5.75 Å². The maximum atomic E-state index is 12.3. The van der Waals surface area contributed by atoms with E-state index in [1.807, 2.05) is 6.07 Å². The molecule has 1 aliphatic carbocycles. The normalized spacial score (nSPS) is 11.5. The third kappa shape index (κ3) is 3.18. The minimum absolute atomic E-state index is 0.0326. The van der Waals surface area contributed by atoms with Crippen molar-refractivity contribution in [2.24, 2.45) is 0 Å². The highest BCUT2D eigenvalue weighted by Gasteiger charge is 2.25. The second-order valence-corrected chi connectivity index (χ2v) is 7.00. The highest BCUT2D eigenvalue weighted by Crippen LogP contribution is 2.36. The third-order valence-electron chi connectivity index (χ3n) is 4.03. The van der Waals surface area contributed by atoms with Crippen molar-refractivity contribution in [1.29, 1.82) is 0 Å². The van der Waals surface area contributed by atoms with E-state index in [9.17, 15) is 19.3 Å². The van der Waals surface area contributed by atoms with E-state index in [2.05, 4.69) is 0 Å². The molecule has 1 N–H and O–H groups in total. The fourth-order valence-corrected chi connectivity index (χ4v) is 3.66. The quantitative estimate of drug-likeness (QED) is 0.425. The molecule has 6 nitrogen and oxygen atoms in total. The first-order valence-corrected chi connectivity index (χ1v) is 9.15. The SMILES string of the molecule is O=C(O)c1c2ccc(=O)cc-2oc2cc(O[P+](=O)c3ccccc3)ccc12. The van der Waals surface area contributed by atoms with Crippen LogP contribution in [-0.2, 0) is 4.57 Å². The zero-order valence-corrected chi connectivity index (χ0v) is 14.7. The zero-order chi connectivity index (χ0) is 19.0. The summed E-state index contributed by atoms with van der Waals surface area (Å²) in [6.45, 7) is 0. The molecular formula is C20H12O6P+. The number of hydrogen-bond donors (Lipinski definition) is 1. The first-order chi connectivity index (χ1) is 13.0. The molecule has 0 bridgehead atoms. The molecule has 1 unspecified atom stereocenters. The van der Waals surface area contributed by atoms with Gasteiger partial charge in [-0.3, -0.25) is 9.32 Å². The number of fused-ring (bicyclic) bond motifs is 2. The predicted octanol–water partition coefficient (Wildman–Crippen LogP) is 4.04. The molecule has 0 amide bonds. The van der Waals surface area contributed by atoms with E-state index in [1.54, 1.807) is 24.3 Å². The molecule has 27 heavy (non-hydrogen) atoms. The maximum absolute atomic E-state index is 12.3. The van der Waals surface area contributed by atoms with Crippen molar-refractivity contribution in [3.05, 3.63) is 82.5 Å². The Hall–Kier alpha value is -3.50. The molecule has 2 aliphatic rings. The number of hydrogen-bond acceptors (Lipinski definition) is 5. The van der Waals surface area contributed by atoms with Crippen LogP contribution >= 0.6 is 8.03 Å². The highest BCUT2D eigenvalue weighted by molar-refractivity contribution is 7.48. The summed E-state index contributed by atoms with van der Waals surface area (Å²) in [5.74, 6) is -0.703. The molecule has 1 atom stereocenters. The Labute approximate surface area is 153 Å². The van der Waals surface area contributed by atoms with Gasteiger partial charge in [-0.05, 0) is 41.0 Å². The van der Waals surface area contributed by atoms with Gasteiger partial charge in [0.05, 0.1) is 5.56 Å². The van der Waals surface area contributed by atoms with E-state index in [-0.39, 0.29) is 28.1 Å². The minimum atomic E-state index is -2.13. The van der Waals surface area contributed by atoms with Crippen molar-refractivity contribution in [3.8, 4) is 17.1 Å². The van der Waals surface area contributed by atoms with Crippen LogP contribution in [0.2, 0.25) is 0 Å². The molecule has 1 heterocycles. The molecular weight excluding hydrogens is 367 g/mol. The number of carboxylic acid groups (broad SMARTS) is 1. The van der Waals surface area contributed by atoms with Gasteiger partial charge in [0.15, 0.2) is 11.2 Å². The summed E-state index contributed by atoms with van der Waals surface area (Å²) in [5, 5.41) is 10.5. The fraction of sp³-hybridized carbons (Fsp3) is 0. The third-order valence-corrected chi connectivity index (χ3v) is 5.13. The summed E-state index contributed by atoms with van der Waals surface area (Å²) < 4.78 is 23.5. The fourth-order valence-electron chi connectivity index (χ4n) is 2.84. The van der Waals surface area contributed by atoms with Crippen molar-refractivity contribution < 1.29 is 23.4 Å². The molecule has 132 valence electrons. The molecule has 4 rings (SSSR count). The van der Waals surface area contributed by atoms with Crippen LogP contribution in [-0.4, -0.2) is 11.1 Å². The van der Waals surface area contributed by atoms with Crippen molar-refractivity contribution >= 4 is 30.3 Å². The lowest BCUT2D eigenvalue weighted by Crippen LogP contribution is -2.06. The Balaban J connectivity index is 1.84. The van der Waals surface area contributed by atoms with Gasteiger partial charge in [0.25, 0.3) is 0 Å². The van der Waals surface area contributed by atoms with E-state index in [0.717, 1.165) is 0 Å². The lowest BCUT2D eigenvalue weighted by Gasteiger charge is -2.11. The van der Waals surface area contributed by atoms with Crippen LogP contribution in [0.15, 0.2) is 75.9 Å². The Morgan fingerprint density at radius 3 is 2.52 bits per heavy atom. The van der Waals surface area contributed by atoms with Crippen LogP contribution in [0, 0.1) is 0 Å². The first kappa shape index (κ1) is 16.9. The van der Waals surface area contributed by atoms with Crippen LogP contribution < -0.4 is 15.3 Å².